The number of hydrogen-bond donors (Lipinski definition) is 1. The van der Waals surface area contributed by atoms with E-state index in [1.165, 1.54) is 32.2 Å². The Morgan fingerprint density at radius 2 is 1.72 bits per heavy atom. The van der Waals surface area contributed by atoms with Crippen molar-refractivity contribution in [2.24, 2.45) is 0 Å². The number of hydrogen-bond acceptors (Lipinski definition) is 6. The second kappa shape index (κ2) is 10.3. The van der Waals surface area contributed by atoms with E-state index in [4.69, 9.17) is 9.47 Å². The number of alkyl halides is 3. The number of fused-ring (bicyclic) bond motifs is 1. The Hall–Kier alpha value is -4.54. The van der Waals surface area contributed by atoms with E-state index in [-0.39, 0.29) is 22.4 Å². The van der Waals surface area contributed by atoms with Gasteiger partial charge in [0.05, 0.1) is 17.7 Å². The van der Waals surface area contributed by atoms with E-state index in [2.05, 4.69) is 9.72 Å². The highest BCUT2D eigenvalue weighted by Gasteiger charge is 2.32. The Morgan fingerprint density at radius 3 is 2.33 bits per heavy atom. The van der Waals surface area contributed by atoms with Crippen LogP contribution in [-0.4, -0.2) is 45.0 Å². The highest BCUT2D eigenvalue weighted by molar-refractivity contribution is 6.17. The van der Waals surface area contributed by atoms with Crippen molar-refractivity contribution in [3.05, 3.63) is 77.6 Å². The van der Waals surface area contributed by atoms with E-state index in [9.17, 15) is 27.9 Å². The lowest BCUT2D eigenvalue weighted by Gasteiger charge is -2.22. The summed E-state index contributed by atoms with van der Waals surface area (Å²) < 4.78 is 55.7. The maximum atomic E-state index is 13.6. The molecule has 11 heteroatoms. The van der Waals surface area contributed by atoms with Crippen LogP contribution in [0, 0.1) is 6.92 Å². The van der Waals surface area contributed by atoms with Gasteiger partial charge in [-0.05, 0) is 58.0 Å². The molecule has 2 aromatic heterocycles. The summed E-state index contributed by atoms with van der Waals surface area (Å²) in [5, 5.41) is 9.82. The topological polar surface area (TPSA) is 99.9 Å². The fourth-order valence-corrected chi connectivity index (χ4v) is 4.13. The van der Waals surface area contributed by atoms with Gasteiger partial charge in [0.2, 0.25) is 5.88 Å². The maximum absolute atomic E-state index is 13.6. The third kappa shape index (κ3) is 5.82. The molecule has 0 bridgehead atoms. The van der Waals surface area contributed by atoms with Gasteiger partial charge in [0.1, 0.15) is 11.5 Å². The molecule has 204 valence electrons. The zero-order valence-electron chi connectivity index (χ0n) is 21.5. The predicted octanol–water partition coefficient (Wildman–Crippen LogP) is 6.10. The molecule has 2 heterocycles. The standard InChI is InChI=1S/C28H25F3N2O6/c1-5-37-23-12-9-17(15-32-23)25(34)24-16(2)33(22-14-20(10-11-21(22)24)39-28(29,30)31)18-7-6-8-19(13-18)38-27(3,4)26(35)36/h6-15H,5H2,1-4H3,(H,35,36). The summed E-state index contributed by atoms with van der Waals surface area (Å²) in [5.74, 6) is -1.47. The van der Waals surface area contributed by atoms with Gasteiger partial charge in [0.25, 0.3) is 0 Å². The van der Waals surface area contributed by atoms with E-state index in [1.807, 2.05) is 0 Å². The van der Waals surface area contributed by atoms with E-state index in [1.54, 1.807) is 54.8 Å². The molecule has 8 nitrogen and oxygen atoms in total. The SMILES string of the molecule is CCOc1ccc(C(=O)c2c(C)n(-c3cccc(OC(C)(C)C(=O)O)c3)c3cc(OC(F)(F)F)ccc23)cn1. The Kier molecular flexibility index (Phi) is 7.27. The summed E-state index contributed by atoms with van der Waals surface area (Å²) in [6.45, 7) is 6.65. The Labute approximate surface area is 221 Å². The molecule has 39 heavy (non-hydrogen) atoms. The normalized spacial score (nSPS) is 11.9. The quantitative estimate of drug-likeness (QED) is 0.255. The smallest absolute Gasteiger partial charge is 0.478 e. The number of nitrogens with zero attached hydrogens (tertiary/aromatic N) is 2. The molecule has 0 atom stereocenters. The molecular formula is C28H25F3N2O6. The highest BCUT2D eigenvalue weighted by atomic mass is 19.4. The van der Waals surface area contributed by atoms with Crippen LogP contribution in [0.15, 0.2) is 60.8 Å². The zero-order valence-corrected chi connectivity index (χ0v) is 21.5. The second-order valence-corrected chi connectivity index (χ2v) is 9.08. The van der Waals surface area contributed by atoms with Crippen molar-refractivity contribution in [3.8, 4) is 23.1 Å². The lowest BCUT2D eigenvalue weighted by atomic mass is 10.0. The molecule has 0 aliphatic carbocycles. The van der Waals surface area contributed by atoms with Gasteiger partial charge >= 0.3 is 12.3 Å². The maximum Gasteiger partial charge on any atom is 0.573 e. The minimum absolute atomic E-state index is 0.215. The summed E-state index contributed by atoms with van der Waals surface area (Å²) in [7, 11) is 0. The lowest BCUT2D eigenvalue weighted by Crippen LogP contribution is -2.37. The van der Waals surface area contributed by atoms with Crippen LogP contribution in [0.3, 0.4) is 0 Å². The number of ether oxygens (including phenoxy) is 3. The first-order chi connectivity index (χ1) is 18.3. The van der Waals surface area contributed by atoms with Crippen LogP contribution >= 0.6 is 0 Å². The van der Waals surface area contributed by atoms with Crippen LogP contribution in [0.4, 0.5) is 13.2 Å². The van der Waals surface area contributed by atoms with Gasteiger partial charge in [0, 0.05) is 46.7 Å². The minimum atomic E-state index is -4.91. The molecule has 0 amide bonds. The molecule has 0 aliphatic rings. The number of carboxylic acid groups (broad SMARTS) is 1. The van der Waals surface area contributed by atoms with Crippen molar-refractivity contribution in [1.29, 1.82) is 0 Å². The number of ketones is 1. The predicted molar refractivity (Wildman–Crippen MR) is 136 cm³/mol. The molecule has 4 rings (SSSR count). The summed E-state index contributed by atoms with van der Waals surface area (Å²) in [5.41, 5.74) is 0.114. The summed E-state index contributed by atoms with van der Waals surface area (Å²) >= 11 is 0. The van der Waals surface area contributed by atoms with Gasteiger partial charge < -0.3 is 23.9 Å². The van der Waals surface area contributed by atoms with Gasteiger partial charge in [0.15, 0.2) is 11.4 Å². The number of rotatable bonds is 9. The van der Waals surface area contributed by atoms with Crippen molar-refractivity contribution in [2.45, 2.75) is 39.7 Å². The minimum Gasteiger partial charge on any atom is -0.478 e. The van der Waals surface area contributed by atoms with Crippen molar-refractivity contribution >= 4 is 22.7 Å². The van der Waals surface area contributed by atoms with E-state index < -0.39 is 29.5 Å². The molecule has 0 radical (unpaired) electrons. The van der Waals surface area contributed by atoms with Crippen LogP contribution in [-0.2, 0) is 4.79 Å². The van der Waals surface area contributed by atoms with Crippen molar-refractivity contribution in [2.75, 3.05) is 6.61 Å². The molecule has 2 aromatic carbocycles. The summed E-state index contributed by atoms with van der Waals surface area (Å²) in [6, 6.07) is 13.2. The van der Waals surface area contributed by atoms with Crippen molar-refractivity contribution in [1.82, 2.24) is 9.55 Å². The molecule has 0 saturated heterocycles. The first-order valence-electron chi connectivity index (χ1n) is 11.9. The number of carboxylic acids is 1. The molecule has 0 spiro atoms. The lowest BCUT2D eigenvalue weighted by molar-refractivity contribution is -0.274. The molecule has 1 N–H and O–H groups in total. The summed E-state index contributed by atoms with van der Waals surface area (Å²) in [4.78, 5) is 29.3. The number of benzene rings is 2. The monoisotopic (exact) mass is 542 g/mol. The first-order valence-corrected chi connectivity index (χ1v) is 11.9. The number of aliphatic carboxylic acids is 1. The van der Waals surface area contributed by atoms with E-state index in [0.717, 1.165) is 6.07 Å². The van der Waals surface area contributed by atoms with Gasteiger partial charge in [-0.15, -0.1) is 13.2 Å². The number of carbonyl (C=O) groups excluding carboxylic acids is 1. The Morgan fingerprint density at radius 1 is 1.00 bits per heavy atom. The van der Waals surface area contributed by atoms with Crippen LogP contribution in [0.2, 0.25) is 0 Å². The average molecular weight is 543 g/mol. The fraction of sp³-hybridized carbons (Fsp3) is 0.250. The average Bonchev–Trinajstić information content (AvgIpc) is 3.14. The molecule has 0 aliphatic heterocycles. The Balaban J connectivity index is 1.89. The second-order valence-electron chi connectivity index (χ2n) is 9.08. The van der Waals surface area contributed by atoms with E-state index in [0.29, 0.717) is 29.3 Å². The van der Waals surface area contributed by atoms with Crippen LogP contribution in [0.25, 0.3) is 16.6 Å². The third-order valence-electron chi connectivity index (χ3n) is 5.89. The Bertz CT molecular complexity index is 1540. The molecule has 4 aromatic rings. The molecule has 0 unspecified atom stereocenters. The summed E-state index contributed by atoms with van der Waals surface area (Å²) in [6.07, 6.45) is -3.54. The third-order valence-corrected chi connectivity index (χ3v) is 5.89. The van der Waals surface area contributed by atoms with Crippen LogP contribution in [0.5, 0.6) is 17.4 Å². The number of halogens is 3. The zero-order chi connectivity index (χ0) is 28.5. The van der Waals surface area contributed by atoms with Crippen molar-refractivity contribution in [3.63, 3.8) is 0 Å². The highest BCUT2D eigenvalue weighted by Crippen LogP contribution is 2.36. The fourth-order valence-electron chi connectivity index (χ4n) is 4.13. The van der Waals surface area contributed by atoms with Crippen molar-refractivity contribution < 1.29 is 42.1 Å². The van der Waals surface area contributed by atoms with Gasteiger partial charge in [-0.1, -0.05) is 6.07 Å². The molecule has 0 saturated carbocycles. The van der Waals surface area contributed by atoms with Gasteiger partial charge in [-0.25, -0.2) is 9.78 Å². The number of pyridine rings is 1. The van der Waals surface area contributed by atoms with E-state index >= 15 is 0 Å². The van der Waals surface area contributed by atoms with Crippen LogP contribution in [0.1, 0.15) is 42.4 Å². The van der Waals surface area contributed by atoms with Gasteiger partial charge in [-0.3, -0.25) is 4.79 Å². The largest absolute Gasteiger partial charge is 0.573 e. The molecule has 0 fully saturated rings. The van der Waals surface area contributed by atoms with Crippen LogP contribution < -0.4 is 14.2 Å². The van der Waals surface area contributed by atoms with Gasteiger partial charge in [-0.2, -0.15) is 0 Å². The molecular weight excluding hydrogens is 517 g/mol. The number of aromatic nitrogens is 2. The first kappa shape index (κ1) is 27.5. The number of carbonyl (C=O) groups is 2.